The molecule has 0 spiro atoms. The van der Waals surface area contributed by atoms with Gasteiger partial charge in [-0.25, -0.2) is 0 Å². The Morgan fingerprint density at radius 2 is 2.12 bits per heavy atom. The zero-order valence-electron chi connectivity index (χ0n) is 14.3. The fourth-order valence-corrected chi connectivity index (χ4v) is 4.32. The lowest BCUT2D eigenvalue weighted by Gasteiger charge is -2.22. The highest BCUT2D eigenvalue weighted by Crippen LogP contribution is 2.39. The van der Waals surface area contributed by atoms with E-state index in [1.165, 1.54) is 0 Å². The van der Waals surface area contributed by atoms with E-state index in [0.29, 0.717) is 5.02 Å². The summed E-state index contributed by atoms with van der Waals surface area (Å²) in [6.45, 7) is 4.77. The predicted octanol–water partition coefficient (Wildman–Crippen LogP) is 4.90. The summed E-state index contributed by atoms with van der Waals surface area (Å²) in [7, 11) is 0. The van der Waals surface area contributed by atoms with Crippen LogP contribution in [0.3, 0.4) is 0 Å². The van der Waals surface area contributed by atoms with Crippen molar-refractivity contribution in [2.45, 2.75) is 38.6 Å². The number of aromatic amines is 1. The number of halogens is 1. The number of rotatable bonds is 3. The molecular weight excluding hydrogens is 336 g/mol. The molecule has 25 heavy (non-hydrogen) atoms. The maximum atomic E-state index is 11.7. The Bertz CT molecular complexity index is 986. The molecule has 3 aromatic rings. The van der Waals surface area contributed by atoms with Gasteiger partial charge >= 0.3 is 5.97 Å². The summed E-state index contributed by atoms with van der Waals surface area (Å²) in [5.41, 5.74) is 5.08. The number of aliphatic carboxylic acids is 1. The van der Waals surface area contributed by atoms with E-state index >= 15 is 0 Å². The Morgan fingerprint density at radius 3 is 2.80 bits per heavy atom. The van der Waals surface area contributed by atoms with Gasteiger partial charge in [-0.2, -0.15) is 0 Å². The van der Waals surface area contributed by atoms with Crippen molar-refractivity contribution in [3.8, 4) is 0 Å². The third-order valence-electron chi connectivity index (χ3n) is 5.43. The molecule has 1 fully saturated rings. The van der Waals surface area contributed by atoms with Gasteiger partial charge in [-0.1, -0.05) is 11.6 Å². The molecule has 1 aliphatic rings. The van der Waals surface area contributed by atoms with Crippen molar-refractivity contribution in [3.05, 3.63) is 46.0 Å². The van der Waals surface area contributed by atoms with Gasteiger partial charge in [0.1, 0.15) is 0 Å². The number of carboxylic acids is 1. The minimum absolute atomic E-state index is 0.212. The molecule has 2 heterocycles. The number of benzene rings is 2. The van der Waals surface area contributed by atoms with E-state index in [9.17, 15) is 9.90 Å². The Hall–Kier alpha value is -2.04. The largest absolute Gasteiger partial charge is 0.481 e. The van der Waals surface area contributed by atoms with E-state index in [1.807, 2.05) is 25.1 Å². The van der Waals surface area contributed by atoms with Crippen molar-refractivity contribution in [1.29, 1.82) is 0 Å². The first-order valence-corrected chi connectivity index (χ1v) is 9.05. The Morgan fingerprint density at radius 1 is 1.32 bits per heavy atom. The summed E-state index contributed by atoms with van der Waals surface area (Å²) in [6, 6.07) is 8.19. The molecule has 2 aromatic carbocycles. The van der Waals surface area contributed by atoms with Gasteiger partial charge < -0.3 is 15.4 Å². The molecule has 0 saturated carbocycles. The number of aryl methyl sites for hydroxylation is 1. The van der Waals surface area contributed by atoms with E-state index < -0.39 is 11.9 Å². The smallest absolute Gasteiger partial charge is 0.310 e. The monoisotopic (exact) mass is 356 g/mol. The van der Waals surface area contributed by atoms with Crippen LogP contribution in [0.15, 0.2) is 24.3 Å². The second-order valence-electron chi connectivity index (χ2n) is 6.95. The first-order valence-electron chi connectivity index (χ1n) is 8.68. The third-order valence-corrected chi connectivity index (χ3v) is 5.66. The standard InChI is InChI=1S/C20H21ClN2O2/c1-10-18(11(2)20(24)25)15(16-4-3-7-22-16)9-14-13-8-12(21)5-6-17(13)23-19(10)14/h5-6,8-9,11,16,22-23H,3-4,7H2,1-2H3,(H,24,25). The summed E-state index contributed by atoms with van der Waals surface area (Å²) < 4.78 is 0. The van der Waals surface area contributed by atoms with Crippen molar-refractivity contribution in [3.63, 3.8) is 0 Å². The number of nitrogens with one attached hydrogen (secondary N) is 2. The molecular formula is C20H21ClN2O2. The van der Waals surface area contributed by atoms with Crippen LogP contribution >= 0.6 is 11.6 Å². The van der Waals surface area contributed by atoms with Gasteiger partial charge in [-0.05, 0) is 74.2 Å². The lowest BCUT2D eigenvalue weighted by atomic mass is 9.86. The first kappa shape index (κ1) is 16.4. The molecule has 5 heteroatoms. The molecule has 2 atom stereocenters. The molecule has 0 amide bonds. The van der Waals surface area contributed by atoms with Crippen molar-refractivity contribution in [2.24, 2.45) is 0 Å². The minimum Gasteiger partial charge on any atom is -0.481 e. The van der Waals surface area contributed by atoms with Crippen LogP contribution in [0.1, 0.15) is 48.4 Å². The number of hydrogen-bond donors (Lipinski definition) is 3. The fraction of sp³-hybridized carbons (Fsp3) is 0.350. The predicted molar refractivity (Wildman–Crippen MR) is 102 cm³/mol. The maximum absolute atomic E-state index is 11.7. The zero-order valence-corrected chi connectivity index (χ0v) is 15.1. The molecule has 130 valence electrons. The summed E-state index contributed by atoms with van der Waals surface area (Å²) >= 11 is 6.20. The molecule has 4 nitrogen and oxygen atoms in total. The van der Waals surface area contributed by atoms with Crippen LogP contribution < -0.4 is 5.32 Å². The third kappa shape index (κ3) is 2.60. The molecule has 1 aromatic heterocycles. The number of carboxylic acid groups (broad SMARTS) is 1. The number of H-pyrrole nitrogens is 1. The van der Waals surface area contributed by atoms with Gasteiger partial charge in [0.2, 0.25) is 0 Å². The molecule has 0 aliphatic carbocycles. The van der Waals surface area contributed by atoms with Crippen LogP contribution in [0.2, 0.25) is 5.02 Å². The minimum atomic E-state index is -0.791. The molecule has 3 N–H and O–H groups in total. The average molecular weight is 357 g/mol. The number of aromatic nitrogens is 1. The topological polar surface area (TPSA) is 65.1 Å². The SMILES string of the molecule is Cc1c(C(C)C(=O)O)c(C2CCCN2)cc2c1[nH]c1ccc(Cl)cc12. The van der Waals surface area contributed by atoms with Crippen LogP contribution in [0.5, 0.6) is 0 Å². The lowest BCUT2D eigenvalue weighted by molar-refractivity contribution is -0.138. The van der Waals surface area contributed by atoms with Gasteiger partial charge in [0.15, 0.2) is 0 Å². The highest BCUT2D eigenvalue weighted by molar-refractivity contribution is 6.31. The number of hydrogen-bond acceptors (Lipinski definition) is 2. The van der Waals surface area contributed by atoms with Crippen LogP contribution in [0.4, 0.5) is 0 Å². The Labute approximate surface area is 151 Å². The molecule has 0 radical (unpaired) electrons. The normalized spacial score (nSPS) is 18.9. The quantitative estimate of drug-likeness (QED) is 0.625. The molecule has 0 bridgehead atoms. The number of fused-ring (bicyclic) bond motifs is 3. The molecule has 2 unspecified atom stereocenters. The highest BCUT2D eigenvalue weighted by atomic mass is 35.5. The van der Waals surface area contributed by atoms with Crippen molar-refractivity contribution < 1.29 is 9.90 Å². The van der Waals surface area contributed by atoms with Gasteiger partial charge in [0, 0.05) is 32.9 Å². The van der Waals surface area contributed by atoms with Gasteiger partial charge in [-0.3, -0.25) is 4.79 Å². The van der Waals surface area contributed by atoms with E-state index in [4.69, 9.17) is 11.6 Å². The highest BCUT2D eigenvalue weighted by Gasteiger charge is 2.28. The van der Waals surface area contributed by atoms with Gasteiger partial charge in [0.25, 0.3) is 0 Å². The van der Waals surface area contributed by atoms with E-state index in [-0.39, 0.29) is 6.04 Å². The van der Waals surface area contributed by atoms with Crippen molar-refractivity contribution in [1.82, 2.24) is 10.3 Å². The fourth-order valence-electron chi connectivity index (χ4n) is 4.15. The zero-order chi connectivity index (χ0) is 17.7. The second-order valence-corrected chi connectivity index (χ2v) is 7.39. The van der Waals surface area contributed by atoms with Gasteiger partial charge in [0.05, 0.1) is 5.92 Å². The van der Waals surface area contributed by atoms with E-state index in [2.05, 4.69) is 16.4 Å². The Balaban J connectivity index is 2.07. The van der Waals surface area contributed by atoms with Crippen molar-refractivity contribution >= 4 is 39.4 Å². The Kier molecular flexibility index (Phi) is 3.97. The van der Waals surface area contributed by atoms with Crippen LogP contribution in [-0.4, -0.2) is 22.6 Å². The maximum Gasteiger partial charge on any atom is 0.310 e. The van der Waals surface area contributed by atoms with Crippen LogP contribution in [0, 0.1) is 6.92 Å². The lowest BCUT2D eigenvalue weighted by Crippen LogP contribution is -2.19. The average Bonchev–Trinajstić information content (AvgIpc) is 3.22. The van der Waals surface area contributed by atoms with Crippen molar-refractivity contribution in [2.75, 3.05) is 6.54 Å². The summed E-state index contributed by atoms with van der Waals surface area (Å²) in [6.07, 6.45) is 2.15. The van der Waals surface area contributed by atoms with Gasteiger partial charge in [-0.15, -0.1) is 0 Å². The molecule has 1 saturated heterocycles. The summed E-state index contributed by atoms with van der Waals surface area (Å²) in [5, 5.41) is 16.0. The summed E-state index contributed by atoms with van der Waals surface area (Å²) in [5.74, 6) is -1.34. The van der Waals surface area contributed by atoms with E-state index in [0.717, 1.165) is 57.9 Å². The second kappa shape index (κ2) is 6.04. The summed E-state index contributed by atoms with van der Waals surface area (Å²) in [4.78, 5) is 15.2. The van der Waals surface area contributed by atoms with Crippen LogP contribution in [-0.2, 0) is 4.79 Å². The van der Waals surface area contributed by atoms with Crippen LogP contribution in [0.25, 0.3) is 21.8 Å². The number of carbonyl (C=O) groups is 1. The first-order chi connectivity index (χ1) is 12.0. The van der Waals surface area contributed by atoms with E-state index in [1.54, 1.807) is 6.92 Å². The molecule has 1 aliphatic heterocycles. The molecule has 4 rings (SSSR count).